The summed E-state index contributed by atoms with van der Waals surface area (Å²) < 4.78 is 5.64. The summed E-state index contributed by atoms with van der Waals surface area (Å²) in [5, 5.41) is 12.8. The molecule has 0 radical (unpaired) electrons. The molecule has 1 heterocycles. The molecule has 1 aromatic heterocycles. The van der Waals surface area contributed by atoms with Crippen LogP contribution in [-0.4, -0.2) is 16.1 Å². The van der Waals surface area contributed by atoms with E-state index in [9.17, 15) is 9.90 Å². The zero-order valence-electron chi connectivity index (χ0n) is 14.7. The molecule has 0 aliphatic heterocycles. The van der Waals surface area contributed by atoms with E-state index in [1.54, 1.807) is 12.3 Å². The summed E-state index contributed by atoms with van der Waals surface area (Å²) in [7, 11) is 0. The fourth-order valence-corrected chi connectivity index (χ4v) is 3.19. The van der Waals surface area contributed by atoms with Crippen molar-refractivity contribution in [1.29, 1.82) is 0 Å². The SMILES string of the molecule is CCCC(=O)OC(Cc1ccc(O)c(C(C)(C)C)c1)c1nccs1. The number of nitrogens with zero attached hydrogens (tertiary/aromatic N) is 1. The highest BCUT2D eigenvalue weighted by molar-refractivity contribution is 7.09. The van der Waals surface area contributed by atoms with Crippen LogP contribution in [0, 0.1) is 0 Å². The number of benzene rings is 1. The van der Waals surface area contributed by atoms with E-state index in [2.05, 4.69) is 25.8 Å². The highest BCUT2D eigenvalue weighted by atomic mass is 32.1. The molecule has 0 saturated carbocycles. The number of hydrogen-bond acceptors (Lipinski definition) is 5. The molecule has 130 valence electrons. The van der Waals surface area contributed by atoms with E-state index in [1.165, 1.54) is 11.3 Å². The molecule has 0 aliphatic carbocycles. The molecule has 1 N–H and O–H groups in total. The van der Waals surface area contributed by atoms with Gasteiger partial charge in [0.1, 0.15) is 10.8 Å². The topological polar surface area (TPSA) is 59.4 Å². The molecule has 0 spiro atoms. The van der Waals surface area contributed by atoms with Gasteiger partial charge in [0.25, 0.3) is 0 Å². The van der Waals surface area contributed by atoms with Gasteiger partial charge in [-0.15, -0.1) is 11.3 Å². The Bertz CT molecular complexity index is 674. The molecular weight excluding hydrogens is 322 g/mol. The van der Waals surface area contributed by atoms with Crippen LogP contribution in [0.3, 0.4) is 0 Å². The first-order valence-electron chi connectivity index (χ1n) is 8.22. The maximum absolute atomic E-state index is 11.9. The van der Waals surface area contributed by atoms with E-state index in [1.807, 2.05) is 24.4 Å². The summed E-state index contributed by atoms with van der Waals surface area (Å²) in [6.07, 6.45) is 3.05. The third kappa shape index (κ3) is 4.81. The van der Waals surface area contributed by atoms with Crippen LogP contribution in [0.15, 0.2) is 29.8 Å². The zero-order valence-corrected chi connectivity index (χ0v) is 15.5. The van der Waals surface area contributed by atoms with E-state index < -0.39 is 0 Å². The Morgan fingerprint density at radius 2 is 2.12 bits per heavy atom. The van der Waals surface area contributed by atoms with E-state index in [0.29, 0.717) is 18.6 Å². The molecule has 2 aromatic rings. The van der Waals surface area contributed by atoms with Crippen LogP contribution in [0.1, 0.15) is 62.8 Å². The monoisotopic (exact) mass is 347 g/mol. The second-order valence-corrected chi connectivity index (χ2v) is 7.83. The Labute approximate surface area is 147 Å². The van der Waals surface area contributed by atoms with Crippen LogP contribution in [0.2, 0.25) is 0 Å². The molecule has 1 aromatic carbocycles. The van der Waals surface area contributed by atoms with E-state index in [-0.39, 0.29) is 17.5 Å². The lowest BCUT2D eigenvalue weighted by molar-refractivity contribution is -0.149. The molecule has 0 fully saturated rings. The summed E-state index contributed by atoms with van der Waals surface area (Å²) >= 11 is 1.49. The number of esters is 1. The summed E-state index contributed by atoms with van der Waals surface area (Å²) in [5.74, 6) is 0.0903. The van der Waals surface area contributed by atoms with Crippen molar-refractivity contribution in [2.75, 3.05) is 0 Å². The number of rotatable bonds is 6. The highest BCUT2D eigenvalue weighted by Crippen LogP contribution is 2.33. The first-order valence-corrected chi connectivity index (χ1v) is 9.10. The number of aromatic nitrogens is 1. The van der Waals surface area contributed by atoms with Crippen LogP contribution < -0.4 is 0 Å². The fourth-order valence-electron chi connectivity index (χ4n) is 2.52. The minimum absolute atomic E-state index is 0.157. The maximum Gasteiger partial charge on any atom is 0.306 e. The summed E-state index contributed by atoms with van der Waals surface area (Å²) in [6, 6.07) is 5.57. The van der Waals surface area contributed by atoms with Crippen molar-refractivity contribution >= 4 is 17.3 Å². The largest absolute Gasteiger partial charge is 0.508 e. The normalized spacial score (nSPS) is 12.8. The van der Waals surface area contributed by atoms with Gasteiger partial charge in [-0.2, -0.15) is 0 Å². The Morgan fingerprint density at radius 1 is 1.38 bits per heavy atom. The van der Waals surface area contributed by atoms with Gasteiger partial charge in [-0.1, -0.05) is 39.8 Å². The van der Waals surface area contributed by atoms with E-state index >= 15 is 0 Å². The fraction of sp³-hybridized carbons (Fsp3) is 0.474. The van der Waals surface area contributed by atoms with Gasteiger partial charge in [0, 0.05) is 24.4 Å². The summed E-state index contributed by atoms with van der Waals surface area (Å²) in [6.45, 7) is 8.14. The third-order valence-electron chi connectivity index (χ3n) is 3.74. The standard InChI is InChI=1S/C19H25NO3S/c1-5-6-17(22)23-16(18-20-9-10-24-18)12-13-7-8-15(21)14(11-13)19(2,3)4/h7-11,16,21H,5-6,12H2,1-4H3. The van der Waals surface area contributed by atoms with Gasteiger partial charge in [-0.05, 0) is 29.0 Å². The Balaban J connectivity index is 2.25. The Kier molecular flexibility index (Phi) is 5.99. The minimum Gasteiger partial charge on any atom is -0.508 e. The Morgan fingerprint density at radius 3 is 2.71 bits per heavy atom. The van der Waals surface area contributed by atoms with Crippen LogP contribution in [-0.2, 0) is 21.4 Å². The van der Waals surface area contributed by atoms with Crippen molar-refractivity contribution in [3.63, 3.8) is 0 Å². The van der Waals surface area contributed by atoms with Gasteiger partial charge in [-0.3, -0.25) is 4.79 Å². The molecule has 0 aliphatic rings. The number of carbonyl (C=O) groups excluding carboxylic acids is 1. The average Bonchev–Trinajstić information content (AvgIpc) is 3.02. The van der Waals surface area contributed by atoms with Gasteiger partial charge in [-0.25, -0.2) is 4.98 Å². The molecule has 0 amide bonds. The number of phenolic OH excluding ortho intramolecular Hbond substituents is 1. The lowest BCUT2D eigenvalue weighted by Gasteiger charge is -2.22. The Hall–Kier alpha value is -1.88. The number of hydrogen-bond donors (Lipinski definition) is 1. The van der Waals surface area contributed by atoms with Gasteiger partial charge >= 0.3 is 5.97 Å². The molecule has 1 atom stereocenters. The van der Waals surface area contributed by atoms with Crippen molar-refractivity contribution < 1.29 is 14.6 Å². The van der Waals surface area contributed by atoms with E-state index in [4.69, 9.17) is 4.74 Å². The van der Waals surface area contributed by atoms with Crippen molar-refractivity contribution in [3.05, 3.63) is 45.9 Å². The van der Waals surface area contributed by atoms with Crippen LogP contribution in [0.25, 0.3) is 0 Å². The first-order chi connectivity index (χ1) is 11.3. The van der Waals surface area contributed by atoms with Crippen molar-refractivity contribution in [2.24, 2.45) is 0 Å². The smallest absolute Gasteiger partial charge is 0.306 e. The van der Waals surface area contributed by atoms with Crippen molar-refractivity contribution in [3.8, 4) is 5.75 Å². The highest BCUT2D eigenvalue weighted by Gasteiger charge is 2.22. The predicted molar refractivity (Wildman–Crippen MR) is 96.4 cm³/mol. The first kappa shape index (κ1) is 18.5. The number of aromatic hydroxyl groups is 1. The maximum atomic E-state index is 11.9. The molecular formula is C19H25NO3S. The predicted octanol–water partition coefficient (Wildman–Crippen LogP) is 4.77. The molecule has 0 bridgehead atoms. The van der Waals surface area contributed by atoms with Crippen LogP contribution in [0.5, 0.6) is 5.75 Å². The van der Waals surface area contributed by atoms with Gasteiger partial charge in [0.2, 0.25) is 0 Å². The molecule has 0 saturated heterocycles. The van der Waals surface area contributed by atoms with Crippen molar-refractivity contribution in [2.45, 2.75) is 58.5 Å². The molecule has 2 rings (SSSR count). The van der Waals surface area contributed by atoms with Crippen LogP contribution >= 0.6 is 11.3 Å². The lowest BCUT2D eigenvalue weighted by Crippen LogP contribution is -2.15. The number of ether oxygens (including phenoxy) is 1. The lowest BCUT2D eigenvalue weighted by atomic mass is 9.85. The average molecular weight is 347 g/mol. The van der Waals surface area contributed by atoms with Crippen LogP contribution in [0.4, 0.5) is 0 Å². The third-order valence-corrected chi connectivity index (χ3v) is 4.61. The van der Waals surface area contributed by atoms with Gasteiger partial charge in [0.15, 0.2) is 6.10 Å². The molecule has 5 heteroatoms. The number of phenols is 1. The second kappa shape index (κ2) is 7.79. The molecule has 24 heavy (non-hydrogen) atoms. The zero-order chi connectivity index (χ0) is 17.7. The van der Waals surface area contributed by atoms with Gasteiger partial charge < -0.3 is 9.84 Å². The number of thiazole rings is 1. The molecule has 4 nitrogen and oxygen atoms in total. The second-order valence-electron chi connectivity index (χ2n) is 6.90. The summed E-state index contributed by atoms with van der Waals surface area (Å²) in [4.78, 5) is 16.2. The summed E-state index contributed by atoms with van der Waals surface area (Å²) in [5.41, 5.74) is 1.75. The quantitative estimate of drug-likeness (QED) is 0.765. The number of carbonyl (C=O) groups is 1. The molecule has 1 unspecified atom stereocenters. The minimum atomic E-state index is -0.388. The van der Waals surface area contributed by atoms with Crippen molar-refractivity contribution in [1.82, 2.24) is 4.98 Å². The van der Waals surface area contributed by atoms with Gasteiger partial charge in [0.05, 0.1) is 0 Å². The van der Waals surface area contributed by atoms with E-state index in [0.717, 1.165) is 22.6 Å².